The lowest BCUT2D eigenvalue weighted by molar-refractivity contribution is 0.117. The predicted molar refractivity (Wildman–Crippen MR) is 65.3 cm³/mol. The van der Waals surface area contributed by atoms with Gasteiger partial charge in [0.05, 0.1) is 12.4 Å². The Bertz CT molecular complexity index is 160. The molecule has 0 saturated heterocycles. The van der Waals surface area contributed by atoms with Crippen molar-refractivity contribution in [2.45, 2.75) is 52.4 Å². The molecule has 0 spiro atoms. The van der Waals surface area contributed by atoms with E-state index in [1.807, 2.05) is 6.92 Å². The molecule has 1 unspecified atom stereocenters. The number of unbranched alkanes of at least 4 members (excludes halogenated alkanes) is 5. The van der Waals surface area contributed by atoms with Gasteiger partial charge in [-0.05, 0) is 6.42 Å². The molecule has 90 valence electrons. The molecule has 0 fully saturated rings. The van der Waals surface area contributed by atoms with Gasteiger partial charge < -0.3 is 10.5 Å². The molecule has 0 radical (unpaired) electrons. The van der Waals surface area contributed by atoms with Crippen LogP contribution in [0.25, 0.3) is 0 Å². The normalized spacial score (nSPS) is 12.7. The summed E-state index contributed by atoms with van der Waals surface area (Å²) in [6, 6.07) is 0. The van der Waals surface area contributed by atoms with Crippen molar-refractivity contribution >= 4 is 5.84 Å². The second kappa shape index (κ2) is 9.97. The fourth-order valence-corrected chi connectivity index (χ4v) is 1.33. The van der Waals surface area contributed by atoms with Crippen molar-refractivity contribution < 1.29 is 4.74 Å². The standard InChI is InChI=1S/C12H26N2O/c1-3-4-5-6-7-8-9-15-10-11(2)12(13)14/h11H,3-10H2,1-2H3,(H3,13,14). The molecule has 0 bridgehead atoms. The number of amidine groups is 1. The van der Waals surface area contributed by atoms with Crippen LogP contribution in [0.5, 0.6) is 0 Å². The highest BCUT2D eigenvalue weighted by atomic mass is 16.5. The van der Waals surface area contributed by atoms with E-state index >= 15 is 0 Å². The summed E-state index contributed by atoms with van der Waals surface area (Å²) < 4.78 is 5.44. The van der Waals surface area contributed by atoms with Crippen LogP contribution in [0.4, 0.5) is 0 Å². The molecular weight excluding hydrogens is 188 g/mol. The maximum atomic E-state index is 7.19. The van der Waals surface area contributed by atoms with Crippen molar-refractivity contribution in [1.29, 1.82) is 5.41 Å². The minimum Gasteiger partial charge on any atom is -0.387 e. The summed E-state index contributed by atoms with van der Waals surface area (Å²) in [5.41, 5.74) is 5.34. The van der Waals surface area contributed by atoms with Gasteiger partial charge in [-0.2, -0.15) is 0 Å². The molecule has 1 atom stereocenters. The first-order valence-electron chi connectivity index (χ1n) is 6.10. The molecule has 0 aliphatic rings. The summed E-state index contributed by atoms with van der Waals surface area (Å²) in [7, 11) is 0. The van der Waals surface area contributed by atoms with Crippen molar-refractivity contribution in [3.63, 3.8) is 0 Å². The summed E-state index contributed by atoms with van der Waals surface area (Å²) >= 11 is 0. The summed E-state index contributed by atoms with van der Waals surface area (Å²) in [5, 5.41) is 7.19. The van der Waals surface area contributed by atoms with Crippen molar-refractivity contribution in [2.75, 3.05) is 13.2 Å². The van der Waals surface area contributed by atoms with Crippen LogP contribution in [-0.4, -0.2) is 19.0 Å². The number of rotatable bonds is 10. The number of nitrogens with two attached hydrogens (primary N) is 1. The Hall–Kier alpha value is -0.570. The maximum Gasteiger partial charge on any atom is 0.0957 e. The zero-order valence-corrected chi connectivity index (χ0v) is 10.2. The molecule has 0 amide bonds. The third-order valence-electron chi connectivity index (χ3n) is 2.54. The zero-order valence-electron chi connectivity index (χ0n) is 10.2. The Kier molecular flexibility index (Phi) is 9.59. The van der Waals surface area contributed by atoms with Gasteiger partial charge in [0.25, 0.3) is 0 Å². The van der Waals surface area contributed by atoms with E-state index in [9.17, 15) is 0 Å². The van der Waals surface area contributed by atoms with Gasteiger partial charge in [-0.15, -0.1) is 0 Å². The minimum atomic E-state index is 0.0603. The zero-order chi connectivity index (χ0) is 11.5. The van der Waals surface area contributed by atoms with Crippen LogP contribution in [0.2, 0.25) is 0 Å². The molecule has 0 rings (SSSR count). The van der Waals surface area contributed by atoms with Crippen LogP contribution in [-0.2, 0) is 4.74 Å². The van der Waals surface area contributed by atoms with E-state index in [0.717, 1.165) is 13.0 Å². The lowest BCUT2D eigenvalue weighted by Gasteiger charge is -2.09. The van der Waals surface area contributed by atoms with Gasteiger partial charge in [0.2, 0.25) is 0 Å². The molecule has 3 N–H and O–H groups in total. The van der Waals surface area contributed by atoms with Gasteiger partial charge >= 0.3 is 0 Å². The van der Waals surface area contributed by atoms with E-state index in [4.69, 9.17) is 15.9 Å². The Morgan fingerprint density at radius 1 is 1.20 bits per heavy atom. The van der Waals surface area contributed by atoms with Gasteiger partial charge in [-0.3, -0.25) is 5.41 Å². The fraction of sp³-hybridized carbons (Fsp3) is 0.917. The molecule has 0 saturated carbocycles. The second-order valence-electron chi connectivity index (χ2n) is 4.20. The van der Waals surface area contributed by atoms with Gasteiger partial charge in [0.1, 0.15) is 0 Å². The highest BCUT2D eigenvalue weighted by Crippen LogP contribution is 2.05. The molecule has 0 aromatic carbocycles. The summed E-state index contributed by atoms with van der Waals surface area (Å²) in [6.45, 7) is 5.55. The second-order valence-corrected chi connectivity index (χ2v) is 4.20. The summed E-state index contributed by atoms with van der Waals surface area (Å²) in [5.74, 6) is 0.281. The molecule has 15 heavy (non-hydrogen) atoms. The maximum absolute atomic E-state index is 7.19. The SMILES string of the molecule is CCCCCCCCOCC(C)C(=N)N. The van der Waals surface area contributed by atoms with Crippen molar-refractivity contribution in [1.82, 2.24) is 0 Å². The molecular formula is C12H26N2O. The van der Waals surface area contributed by atoms with E-state index in [-0.39, 0.29) is 11.8 Å². The van der Waals surface area contributed by atoms with Crippen molar-refractivity contribution in [3.8, 4) is 0 Å². The Morgan fingerprint density at radius 3 is 2.40 bits per heavy atom. The molecule has 0 aromatic rings. The number of hydrogen-bond acceptors (Lipinski definition) is 2. The molecule has 0 aliphatic heterocycles. The van der Waals surface area contributed by atoms with Crippen LogP contribution >= 0.6 is 0 Å². The first-order valence-corrected chi connectivity index (χ1v) is 6.10. The average Bonchev–Trinajstić information content (AvgIpc) is 2.21. The van der Waals surface area contributed by atoms with E-state index in [1.165, 1.54) is 32.1 Å². The lowest BCUT2D eigenvalue weighted by atomic mass is 10.1. The molecule has 3 heteroatoms. The summed E-state index contributed by atoms with van der Waals surface area (Å²) in [6.07, 6.45) is 7.71. The van der Waals surface area contributed by atoms with Crippen LogP contribution < -0.4 is 5.73 Å². The Labute approximate surface area is 93.9 Å². The van der Waals surface area contributed by atoms with E-state index in [1.54, 1.807) is 0 Å². The van der Waals surface area contributed by atoms with Crippen molar-refractivity contribution in [3.05, 3.63) is 0 Å². The first-order chi connectivity index (χ1) is 7.18. The monoisotopic (exact) mass is 214 g/mol. The van der Waals surface area contributed by atoms with Gasteiger partial charge in [0.15, 0.2) is 0 Å². The van der Waals surface area contributed by atoms with Crippen LogP contribution in [0.1, 0.15) is 52.4 Å². The third-order valence-corrected chi connectivity index (χ3v) is 2.54. The highest BCUT2D eigenvalue weighted by molar-refractivity contribution is 5.79. The first kappa shape index (κ1) is 14.4. The number of ether oxygens (including phenoxy) is 1. The van der Waals surface area contributed by atoms with Crippen molar-refractivity contribution in [2.24, 2.45) is 11.7 Å². The fourth-order valence-electron chi connectivity index (χ4n) is 1.33. The number of nitrogens with one attached hydrogen (secondary N) is 1. The predicted octanol–water partition coefficient (Wildman–Crippen LogP) is 2.94. The Morgan fingerprint density at radius 2 is 1.80 bits per heavy atom. The largest absolute Gasteiger partial charge is 0.387 e. The smallest absolute Gasteiger partial charge is 0.0957 e. The van der Waals surface area contributed by atoms with E-state index in [2.05, 4.69) is 6.92 Å². The third kappa shape index (κ3) is 9.73. The number of hydrogen-bond donors (Lipinski definition) is 2. The van der Waals surface area contributed by atoms with Crippen LogP contribution in [0.15, 0.2) is 0 Å². The lowest BCUT2D eigenvalue weighted by Crippen LogP contribution is -2.24. The quantitative estimate of drug-likeness (QED) is 0.334. The minimum absolute atomic E-state index is 0.0603. The van der Waals surface area contributed by atoms with Crippen LogP contribution in [0, 0.1) is 11.3 Å². The van der Waals surface area contributed by atoms with Gasteiger partial charge in [-0.1, -0.05) is 46.0 Å². The van der Waals surface area contributed by atoms with Crippen LogP contribution in [0.3, 0.4) is 0 Å². The average molecular weight is 214 g/mol. The molecule has 0 heterocycles. The van der Waals surface area contributed by atoms with E-state index < -0.39 is 0 Å². The van der Waals surface area contributed by atoms with Gasteiger partial charge in [0, 0.05) is 12.5 Å². The highest BCUT2D eigenvalue weighted by Gasteiger charge is 2.03. The molecule has 3 nitrogen and oxygen atoms in total. The Balaban J connectivity index is 3.08. The summed E-state index contributed by atoms with van der Waals surface area (Å²) in [4.78, 5) is 0. The topological polar surface area (TPSA) is 59.1 Å². The van der Waals surface area contributed by atoms with Gasteiger partial charge in [-0.25, -0.2) is 0 Å². The molecule has 0 aliphatic carbocycles. The van der Waals surface area contributed by atoms with E-state index in [0.29, 0.717) is 6.61 Å². The molecule has 0 aromatic heterocycles.